The summed E-state index contributed by atoms with van der Waals surface area (Å²) in [6, 6.07) is 7.05. The number of aliphatic hydroxyl groups is 1. The third-order valence-electron chi connectivity index (χ3n) is 7.25. The van der Waals surface area contributed by atoms with Crippen LogP contribution >= 0.6 is 11.3 Å². The Morgan fingerprint density at radius 2 is 1.80 bits per heavy atom. The third kappa shape index (κ3) is 4.44. The summed E-state index contributed by atoms with van der Waals surface area (Å²) < 4.78 is 0. The molecule has 1 fully saturated rings. The van der Waals surface area contributed by atoms with Crippen LogP contribution in [0.2, 0.25) is 0 Å². The largest absolute Gasteiger partial charge is 0.395 e. The topological polar surface area (TPSA) is 48.4 Å². The van der Waals surface area contributed by atoms with Crippen molar-refractivity contribution >= 4 is 16.5 Å². The Hall–Kier alpha value is -1.43. The van der Waals surface area contributed by atoms with E-state index < -0.39 is 0 Å². The number of hydrogen-bond donors (Lipinski definition) is 2. The van der Waals surface area contributed by atoms with Crippen LogP contribution in [0.1, 0.15) is 64.5 Å². The minimum atomic E-state index is 0.220. The first kappa shape index (κ1) is 21.8. The zero-order valence-corrected chi connectivity index (χ0v) is 19.8. The van der Waals surface area contributed by atoms with Crippen molar-refractivity contribution in [3.05, 3.63) is 34.7 Å². The molecule has 2 aliphatic rings. The maximum absolute atomic E-state index is 8.92. The summed E-state index contributed by atoms with van der Waals surface area (Å²) in [5, 5.41) is 15.7. The average molecular weight is 428 g/mol. The lowest BCUT2D eigenvalue weighted by molar-refractivity contribution is 0.283. The highest BCUT2D eigenvalue weighted by molar-refractivity contribution is 7.14. The smallest absolute Gasteiger partial charge is 0.185 e. The number of nitrogens with one attached hydrogen (secondary N) is 1. The molecule has 2 aromatic rings. The van der Waals surface area contributed by atoms with Crippen molar-refractivity contribution in [1.82, 2.24) is 10.3 Å². The average Bonchev–Trinajstić information content (AvgIpc) is 3.22. The number of hydrogen-bond acceptors (Lipinski definition) is 5. The second kappa shape index (κ2) is 8.60. The standard InChI is InChI=1S/C25H37N3OS/c1-24(2)9-10-25(3,4)21-15-19(5-6-20(21)24)22-17-30-23(27-22)28-12-7-18(8-13-28)16-26-11-14-29/h5-6,15,17-18,26,29H,7-14,16H2,1-4H3. The number of benzene rings is 1. The molecule has 1 aliphatic carbocycles. The fraction of sp³-hybridized carbons (Fsp3) is 0.640. The summed E-state index contributed by atoms with van der Waals surface area (Å²) >= 11 is 1.78. The fourth-order valence-electron chi connectivity index (χ4n) is 5.00. The van der Waals surface area contributed by atoms with Gasteiger partial charge in [0.25, 0.3) is 0 Å². The Morgan fingerprint density at radius 1 is 1.10 bits per heavy atom. The van der Waals surface area contributed by atoms with E-state index in [1.807, 2.05) is 0 Å². The van der Waals surface area contributed by atoms with E-state index in [4.69, 9.17) is 10.1 Å². The molecular weight excluding hydrogens is 390 g/mol. The van der Waals surface area contributed by atoms with Crippen molar-refractivity contribution in [3.8, 4) is 11.3 Å². The van der Waals surface area contributed by atoms with Gasteiger partial charge >= 0.3 is 0 Å². The molecule has 30 heavy (non-hydrogen) atoms. The van der Waals surface area contributed by atoms with Gasteiger partial charge in [0.05, 0.1) is 12.3 Å². The van der Waals surface area contributed by atoms with Crippen LogP contribution in [-0.2, 0) is 10.8 Å². The number of anilines is 1. The molecule has 4 nitrogen and oxygen atoms in total. The van der Waals surface area contributed by atoms with Crippen molar-refractivity contribution < 1.29 is 5.11 Å². The number of piperidine rings is 1. The zero-order chi connectivity index (χ0) is 21.4. The highest BCUT2D eigenvalue weighted by Gasteiger charge is 2.37. The minimum absolute atomic E-state index is 0.220. The maximum Gasteiger partial charge on any atom is 0.185 e. The van der Waals surface area contributed by atoms with Crippen molar-refractivity contribution in [3.63, 3.8) is 0 Å². The predicted molar refractivity (Wildman–Crippen MR) is 128 cm³/mol. The quantitative estimate of drug-likeness (QED) is 0.640. The molecule has 2 heterocycles. The van der Waals surface area contributed by atoms with Crippen molar-refractivity contribution in [2.24, 2.45) is 5.92 Å². The highest BCUT2D eigenvalue weighted by Crippen LogP contribution is 2.47. The second-order valence-corrected chi connectivity index (χ2v) is 11.2. The summed E-state index contributed by atoms with van der Waals surface area (Å²) in [5.74, 6) is 0.707. The molecule has 0 radical (unpaired) electrons. The van der Waals surface area contributed by atoms with Gasteiger partial charge in [0.1, 0.15) is 0 Å². The first-order valence-corrected chi connectivity index (χ1v) is 12.4. The first-order chi connectivity index (χ1) is 14.3. The van der Waals surface area contributed by atoms with E-state index in [1.54, 1.807) is 11.3 Å². The van der Waals surface area contributed by atoms with E-state index in [0.717, 1.165) is 30.5 Å². The van der Waals surface area contributed by atoms with Gasteiger partial charge in [-0.05, 0) is 66.2 Å². The van der Waals surface area contributed by atoms with Gasteiger partial charge < -0.3 is 15.3 Å². The van der Waals surface area contributed by atoms with Crippen molar-refractivity contribution in [2.75, 3.05) is 37.7 Å². The number of aromatic nitrogens is 1. The number of aliphatic hydroxyl groups excluding tert-OH is 1. The van der Waals surface area contributed by atoms with Crippen LogP contribution in [0, 0.1) is 5.92 Å². The summed E-state index contributed by atoms with van der Waals surface area (Å²) in [6.45, 7) is 13.6. The Morgan fingerprint density at radius 3 is 2.50 bits per heavy atom. The normalized spacial score (nSPS) is 20.9. The van der Waals surface area contributed by atoms with Crippen LogP contribution in [0.5, 0.6) is 0 Å². The lowest BCUT2D eigenvalue weighted by Gasteiger charge is -2.42. The minimum Gasteiger partial charge on any atom is -0.395 e. The van der Waals surface area contributed by atoms with E-state index >= 15 is 0 Å². The van der Waals surface area contributed by atoms with E-state index in [2.05, 4.69) is 61.5 Å². The van der Waals surface area contributed by atoms with E-state index in [9.17, 15) is 0 Å². The molecule has 1 saturated heterocycles. The van der Waals surface area contributed by atoms with Crippen LogP contribution in [0.15, 0.2) is 23.6 Å². The predicted octanol–water partition coefficient (Wildman–Crippen LogP) is 4.96. The molecule has 1 aromatic carbocycles. The maximum atomic E-state index is 8.92. The number of rotatable bonds is 6. The Labute approximate surface area is 185 Å². The molecule has 1 aromatic heterocycles. The van der Waals surface area contributed by atoms with E-state index in [1.165, 1.54) is 42.4 Å². The van der Waals surface area contributed by atoms with Crippen LogP contribution in [0.3, 0.4) is 0 Å². The molecular formula is C25H37N3OS. The van der Waals surface area contributed by atoms with Gasteiger partial charge in [0.2, 0.25) is 0 Å². The fourth-order valence-corrected chi connectivity index (χ4v) is 5.89. The summed E-state index contributed by atoms with van der Waals surface area (Å²) in [4.78, 5) is 7.48. The van der Waals surface area contributed by atoms with Gasteiger partial charge in [-0.1, -0.05) is 39.8 Å². The lowest BCUT2D eigenvalue weighted by atomic mass is 9.63. The summed E-state index contributed by atoms with van der Waals surface area (Å²) in [6.07, 6.45) is 4.87. The Kier molecular flexibility index (Phi) is 6.25. The van der Waals surface area contributed by atoms with E-state index in [-0.39, 0.29) is 17.4 Å². The van der Waals surface area contributed by atoms with Crippen LogP contribution in [-0.4, -0.2) is 42.9 Å². The van der Waals surface area contributed by atoms with Crippen LogP contribution in [0.4, 0.5) is 5.13 Å². The molecule has 1 aliphatic heterocycles. The van der Waals surface area contributed by atoms with Crippen LogP contribution in [0.25, 0.3) is 11.3 Å². The molecule has 0 atom stereocenters. The molecule has 0 bridgehead atoms. The van der Waals surface area contributed by atoms with Gasteiger partial charge in [-0.2, -0.15) is 0 Å². The highest BCUT2D eigenvalue weighted by atomic mass is 32.1. The van der Waals surface area contributed by atoms with Gasteiger partial charge in [0, 0.05) is 30.6 Å². The number of thiazole rings is 1. The van der Waals surface area contributed by atoms with Crippen molar-refractivity contribution in [1.29, 1.82) is 0 Å². The lowest BCUT2D eigenvalue weighted by Crippen LogP contribution is -2.37. The van der Waals surface area contributed by atoms with Gasteiger partial charge in [-0.3, -0.25) is 0 Å². The number of nitrogens with zero attached hydrogens (tertiary/aromatic N) is 2. The van der Waals surface area contributed by atoms with Gasteiger partial charge in [0.15, 0.2) is 5.13 Å². The molecule has 5 heteroatoms. The van der Waals surface area contributed by atoms with Gasteiger partial charge in [-0.15, -0.1) is 11.3 Å². The summed E-state index contributed by atoms with van der Waals surface area (Å²) in [7, 11) is 0. The molecule has 2 N–H and O–H groups in total. The van der Waals surface area contributed by atoms with Crippen molar-refractivity contribution in [2.45, 2.75) is 64.2 Å². The molecule has 0 unspecified atom stereocenters. The Bertz CT molecular complexity index is 865. The summed E-state index contributed by atoms with van der Waals surface area (Å²) in [5.41, 5.74) is 5.87. The third-order valence-corrected chi connectivity index (χ3v) is 8.15. The first-order valence-electron chi connectivity index (χ1n) is 11.5. The van der Waals surface area contributed by atoms with Crippen LogP contribution < -0.4 is 10.2 Å². The molecule has 0 amide bonds. The van der Waals surface area contributed by atoms with E-state index in [0.29, 0.717) is 12.5 Å². The molecule has 0 saturated carbocycles. The van der Waals surface area contributed by atoms with Gasteiger partial charge in [-0.25, -0.2) is 4.98 Å². The molecule has 164 valence electrons. The Balaban J connectivity index is 1.48. The SMILES string of the molecule is CC1(C)CCC(C)(C)c2cc(-c3csc(N4CCC(CNCCO)CC4)n3)ccc21. The zero-order valence-electron chi connectivity index (χ0n) is 19.0. The number of fused-ring (bicyclic) bond motifs is 1. The monoisotopic (exact) mass is 427 g/mol. The molecule has 4 rings (SSSR count). The molecule has 0 spiro atoms. The second-order valence-electron chi connectivity index (χ2n) is 10.4.